The summed E-state index contributed by atoms with van der Waals surface area (Å²) in [6.45, 7) is 3.46. The van der Waals surface area contributed by atoms with Gasteiger partial charge in [0.05, 0.1) is 24.1 Å². The Hall–Kier alpha value is -4.13. The first-order valence-corrected chi connectivity index (χ1v) is 9.70. The number of hydrogen-bond acceptors (Lipinski definition) is 4. The molecule has 7 nitrogen and oxygen atoms in total. The normalized spacial score (nSPS) is 11.0. The lowest BCUT2D eigenvalue weighted by atomic mass is 10.1. The number of carbonyl (C=O) groups excluding carboxylic acids is 3. The van der Waals surface area contributed by atoms with Crippen molar-refractivity contribution in [3.63, 3.8) is 0 Å². The standard InChI is InChI=1S/C24H23N3O4/c1-16-8-3-4-9-18(16)14-22(26-17(2)28)24(30)27-21-12-6-5-11-20(21)23(29)25-15-19-10-7-13-31-19/h3-14H,15H2,1-2H3,(H,25,29)(H,26,28)(H,27,30)/b22-14-. The molecule has 31 heavy (non-hydrogen) atoms. The SMILES string of the molecule is CC(=O)N/C(=C\c1ccccc1C)C(=O)Nc1ccccc1C(=O)NCc1ccco1. The minimum atomic E-state index is -0.537. The molecule has 2 aromatic carbocycles. The number of nitrogens with one attached hydrogen (secondary N) is 3. The zero-order valence-electron chi connectivity index (χ0n) is 17.3. The lowest BCUT2D eigenvalue weighted by molar-refractivity contribution is -0.120. The molecule has 1 aromatic heterocycles. The van der Waals surface area contributed by atoms with E-state index in [2.05, 4.69) is 16.0 Å². The van der Waals surface area contributed by atoms with Crippen molar-refractivity contribution in [1.82, 2.24) is 10.6 Å². The number of para-hydroxylation sites is 1. The molecule has 3 rings (SSSR count). The number of amides is 3. The molecule has 1 heterocycles. The highest BCUT2D eigenvalue weighted by molar-refractivity contribution is 6.11. The molecule has 0 bridgehead atoms. The van der Waals surface area contributed by atoms with Crippen molar-refractivity contribution in [3.05, 3.63) is 95.1 Å². The van der Waals surface area contributed by atoms with Crippen LogP contribution in [0.15, 0.2) is 77.0 Å². The van der Waals surface area contributed by atoms with Gasteiger partial charge in [-0.05, 0) is 48.4 Å². The van der Waals surface area contributed by atoms with Crippen molar-refractivity contribution in [3.8, 4) is 0 Å². The topological polar surface area (TPSA) is 100 Å². The molecule has 0 aliphatic heterocycles. The molecule has 0 saturated heterocycles. The minimum Gasteiger partial charge on any atom is -0.467 e. The fraction of sp³-hybridized carbons (Fsp3) is 0.125. The van der Waals surface area contributed by atoms with E-state index in [1.165, 1.54) is 13.2 Å². The lowest BCUT2D eigenvalue weighted by Gasteiger charge is -2.13. The Bertz CT molecular complexity index is 1120. The van der Waals surface area contributed by atoms with Crippen molar-refractivity contribution >= 4 is 29.5 Å². The van der Waals surface area contributed by atoms with Crippen LogP contribution >= 0.6 is 0 Å². The van der Waals surface area contributed by atoms with Crippen molar-refractivity contribution in [1.29, 1.82) is 0 Å². The predicted octanol–water partition coefficient (Wildman–Crippen LogP) is 3.63. The second kappa shape index (κ2) is 10.1. The van der Waals surface area contributed by atoms with E-state index in [9.17, 15) is 14.4 Å². The summed E-state index contributed by atoms with van der Waals surface area (Å²) in [5.74, 6) is -0.663. The highest BCUT2D eigenvalue weighted by Crippen LogP contribution is 2.17. The number of furan rings is 1. The first-order valence-electron chi connectivity index (χ1n) is 9.70. The summed E-state index contributed by atoms with van der Waals surface area (Å²) in [5.41, 5.74) is 2.44. The van der Waals surface area contributed by atoms with Gasteiger partial charge in [0.25, 0.3) is 11.8 Å². The molecule has 0 radical (unpaired) electrons. The van der Waals surface area contributed by atoms with Crippen LogP contribution in [0, 0.1) is 6.92 Å². The number of aryl methyl sites for hydroxylation is 1. The van der Waals surface area contributed by atoms with Crippen LogP contribution in [0.2, 0.25) is 0 Å². The van der Waals surface area contributed by atoms with Gasteiger partial charge in [-0.3, -0.25) is 14.4 Å². The zero-order chi connectivity index (χ0) is 22.2. The van der Waals surface area contributed by atoms with Gasteiger partial charge in [-0.15, -0.1) is 0 Å². The molecule has 0 spiro atoms. The highest BCUT2D eigenvalue weighted by Gasteiger charge is 2.17. The molecule has 3 N–H and O–H groups in total. The molecule has 7 heteroatoms. The number of rotatable bonds is 7. The van der Waals surface area contributed by atoms with Crippen molar-refractivity contribution in [2.45, 2.75) is 20.4 Å². The zero-order valence-corrected chi connectivity index (χ0v) is 17.3. The van der Waals surface area contributed by atoms with E-state index in [1.54, 1.807) is 42.5 Å². The first-order chi connectivity index (χ1) is 14.9. The first kappa shape index (κ1) is 21.6. The second-order valence-corrected chi connectivity index (χ2v) is 6.86. The molecular weight excluding hydrogens is 394 g/mol. The van der Waals surface area contributed by atoms with Gasteiger partial charge in [0.1, 0.15) is 11.5 Å². The summed E-state index contributed by atoms with van der Waals surface area (Å²) in [6, 6.07) is 17.6. The molecule has 0 fully saturated rings. The Morgan fingerprint density at radius 3 is 2.42 bits per heavy atom. The number of hydrogen-bond donors (Lipinski definition) is 3. The average Bonchev–Trinajstić information content (AvgIpc) is 3.27. The van der Waals surface area contributed by atoms with E-state index in [0.29, 0.717) is 17.0 Å². The summed E-state index contributed by atoms with van der Waals surface area (Å²) in [6.07, 6.45) is 3.13. The third-order valence-electron chi connectivity index (χ3n) is 4.47. The molecule has 0 aliphatic rings. The van der Waals surface area contributed by atoms with Crippen molar-refractivity contribution < 1.29 is 18.8 Å². The van der Waals surface area contributed by atoms with Gasteiger partial charge in [-0.1, -0.05) is 36.4 Å². The smallest absolute Gasteiger partial charge is 0.272 e. The van der Waals surface area contributed by atoms with E-state index in [1.807, 2.05) is 31.2 Å². The fourth-order valence-electron chi connectivity index (χ4n) is 2.91. The highest BCUT2D eigenvalue weighted by atomic mass is 16.3. The number of carbonyl (C=O) groups is 3. The molecule has 3 aromatic rings. The Kier molecular flexibility index (Phi) is 7.01. The maximum atomic E-state index is 12.9. The van der Waals surface area contributed by atoms with Crippen LogP contribution in [0.5, 0.6) is 0 Å². The van der Waals surface area contributed by atoms with Crippen LogP contribution < -0.4 is 16.0 Å². The van der Waals surface area contributed by atoms with Crippen LogP contribution in [0.1, 0.15) is 34.2 Å². The predicted molar refractivity (Wildman–Crippen MR) is 118 cm³/mol. The summed E-state index contributed by atoms with van der Waals surface area (Å²) in [5, 5.41) is 8.04. The van der Waals surface area contributed by atoms with Crippen molar-refractivity contribution in [2.24, 2.45) is 0 Å². The van der Waals surface area contributed by atoms with Gasteiger partial charge in [0, 0.05) is 6.92 Å². The number of benzene rings is 2. The van der Waals surface area contributed by atoms with Crippen LogP contribution in [0.3, 0.4) is 0 Å². The molecule has 0 unspecified atom stereocenters. The van der Waals surface area contributed by atoms with Crippen LogP contribution in [0.25, 0.3) is 6.08 Å². The number of anilines is 1. The van der Waals surface area contributed by atoms with Crippen LogP contribution in [0.4, 0.5) is 5.69 Å². The summed E-state index contributed by atoms with van der Waals surface area (Å²) < 4.78 is 5.22. The minimum absolute atomic E-state index is 0.0765. The molecule has 158 valence electrons. The van der Waals surface area contributed by atoms with Gasteiger partial charge >= 0.3 is 0 Å². The van der Waals surface area contributed by atoms with Crippen LogP contribution in [-0.4, -0.2) is 17.7 Å². The Labute approximate surface area is 180 Å². The Balaban J connectivity index is 1.81. The third kappa shape index (κ3) is 5.93. The van der Waals surface area contributed by atoms with Gasteiger partial charge < -0.3 is 20.4 Å². The largest absolute Gasteiger partial charge is 0.467 e. The molecule has 0 saturated carbocycles. The van der Waals surface area contributed by atoms with E-state index in [0.717, 1.165) is 11.1 Å². The van der Waals surface area contributed by atoms with E-state index < -0.39 is 5.91 Å². The van der Waals surface area contributed by atoms with Crippen LogP contribution in [-0.2, 0) is 16.1 Å². The monoisotopic (exact) mass is 417 g/mol. The second-order valence-electron chi connectivity index (χ2n) is 6.86. The summed E-state index contributed by atoms with van der Waals surface area (Å²) >= 11 is 0. The maximum absolute atomic E-state index is 12.9. The maximum Gasteiger partial charge on any atom is 0.272 e. The molecule has 0 aliphatic carbocycles. The van der Waals surface area contributed by atoms with E-state index in [-0.39, 0.29) is 24.1 Å². The fourth-order valence-corrected chi connectivity index (χ4v) is 2.91. The lowest BCUT2D eigenvalue weighted by Crippen LogP contribution is -2.30. The van der Waals surface area contributed by atoms with E-state index in [4.69, 9.17) is 4.42 Å². The molecular formula is C24H23N3O4. The van der Waals surface area contributed by atoms with Gasteiger partial charge in [-0.25, -0.2) is 0 Å². The quantitative estimate of drug-likeness (QED) is 0.511. The Morgan fingerprint density at radius 1 is 0.968 bits per heavy atom. The van der Waals surface area contributed by atoms with Gasteiger partial charge in [0.15, 0.2) is 0 Å². The average molecular weight is 417 g/mol. The van der Waals surface area contributed by atoms with Gasteiger partial charge in [-0.2, -0.15) is 0 Å². The molecule has 3 amide bonds. The summed E-state index contributed by atoms with van der Waals surface area (Å²) in [7, 11) is 0. The molecule has 0 atom stereocenters. The third-order valence-corrected chi connectivity index (χ3v) is 4.47. The summed E-state index contributed by atoms with van der Waals surface area (Å²) in [4.78, 5) is 37.2. The Morgan fingerprint density at radius 2 is 1.71 bits per heavy atom. The van der Waals surface area contributed by atoms with Crippen molar-refractivity contribution in [2.75, 3.05) is 5.32 Å². The van der Waals surface area contributed by atoms with E-state index >= 15 is 0 Å². The van der Waals surface area contributed by atoms with Gasteiger partial charge in [0.2, 0.25) is 5.91 Å².